The number of aliphatic hydroxyl groups is 3. The Bertz CT molecular complexity index is 901. The lowest BCUT2D eigenvalue weighted by Crippen LogP contribution is -2.65. The highest BCUT2D eigenvalue weighted by Crippen LogP contribution is 2.33. The first-order valence-corrected chi connectivity index (χ1v) is 9.03. The van der Waals surface area contributed by atoms with E-state index in [-0.39, 0.29) is 11.3 Å². The minimum Gasteiger partial charge on any atom is -0.465 e. The second-order valence-corrected chi connectivity index (χ2v) is 6.71. The van der Waals surface area contributed by atoms with Crippen LogP contribution in [0.2, 0.25) is 0 Å². The zero-order chi connectivity index (χ0) is 21.1. The zero-order valence-electron chi connectivity index (χ0n) is 15.9. The van der Waals surface area contributed by atoms with Gasteiger partial charge in [-0.3, -0.25) is 4.79 Å². The average molecular weight is 405 g/mol. The smallest absolute Gasteiger partial charge is 0.341 e. The number of hydrogen-bond donors (Lipinski definition) is 4. The van der Waals surface area contributed by atoms with Crippen molar-refractivity contribution >= 4 is 22.6 Å². The number of fused-ring (bicyclic) bond motifs is 1. The van der Waals surface area contributed by atoms with Crippen molar-refractivity contribution < 1.29 is 39.1 Å². The molecule has 1 heterocycles. The Kier molecular flexibility index (Phi) is 6.33. The summed E-state index contributed by atoms with van der Waals surface area (Å²) in [5.74, 6) is -0.987. The van der Waals surface area contributed by atoms with Crippen LogP contribution < -0.4 is 10.1 Å². The van der Waals surface area contributed by atoms with E-state index in [2.05, 4.69) is 5.32 Å². The van der Waals surface area contributed by atoms with Gasteiger partial charge in [0.2, 0.25) is 12.2 Å². The molecule has 1 aliphatic rings. The van der Waals surface area contributed by atoms with E-state index in [9.17, 15) is 24.9 Å². The third-order valence-electron chi connectivity index (χ3n) is 4.77. The molecule has 156 valence electrons. The van der Waals surface area contributed by atoms with Crippen molar-refractivity contribution in [1.82, 2.24) is 5.32 Å². The second kappa shape index (κ2) is 8.75. The summed E-state index contributed by atoms with van der Waals surface area (Å²) in [6.07, 6.45) is -5.34. The largest absolute Gasteiger partial charge is 0.465 e. The van der Waals surface area contributed by atoms with Crippen LogP contribution in [-0.2, 0) is 14.3 Å². The van der Waals surface area contributed by atoms with Gasteiger partial charge in [-0.25, -0.2) is 4.79 Å². The maximum absolute atomic E-state index is 12.3. The van der Waals surface area contributed by atoms with Crippen LogP contribution in [-0.4, -0.2) is 71.6 Å². The molecule has 5 atom stereocenters. The standard InChI is InChI=1S/C20H23NO8/c1-10(23)21-15-17(25)16(24)14(9-22)28-20(15)29-18-12-6-4-3-5-11(12)7-8-13(18)19(26)27-2/h3-8,14-17,20,22,24-25H,9H2,1-2H3,(H,21,23)/t14-,15+,16-,17+,20-/m1/s1. The lowest BCUT2D eigenvalue weighted by Gasteiger charge is -2.42. The van der Waals surface area contributed by atoms with Crippen LogP contribution in [0.5, 0.6) is 5.75 Å². The lowest BCUT2D eigenvalue weighted by molar-refractivity contribution is -0.244. The minimum absolute atomic E-state index is 0.123. The molecular weight excluding hydrogens is 382 g/mol. The molecule has 1 amide bonds. The summed E-state index contributed by atoms with van der Waals surface area (Å²) < 4.78 is 16.4. The SMILES string of the molecule is COC(=O)c1ccc2ccccc2c1O[C@H]1O[C@H](CO)[C@@H](O)[C@@H](O)[C@@H]1NC(C)=O. The first kappa shape index (κ1) is 21.0. The molecule has 0 aromatic heterocycles. The predicted molar refractivity (Wildman–Crippen MR) is 101 cm³/mol. The maximum Gasteiger partial charge on any atom is 0.341 e. The molecule has 1 fully saturated rings. The maximum atomic E-state index is 12.3. The Labute approximate surface area is 166 Å². The fraction of sp³-hybridized carbons (Fsp3) is 0.400. The van der Waals surface area contributed by atoms with Crippen molar-refractivity contribution in [3.05, 3.63) is 42.0 Å². The molecule has 9 nitrogen and oxygen atoms in total. The molecule has 1 aliphatic heterocycles. The Morgan fingerprint density at radius 1 is 1.14 bits per heavy atom. The van der Waals surface area contributed by atoms with Gasteiger partial charge in [0.25, 0.3) is 0 Å². The quantitative estimate of drug-likeness (QED) is 0.509. The van der Waals surface area contributed by atoms with Gasteiger partial charge in [0.15, 0.2) is 0 Å². The zero-order valence-corrected chi connectivity index (χ0v) is 15.9. The highest BCUT2D eigenvalue weighted by Gasteiger charge is 2.46. The number of esters is 1. The Hall–Kier alpha value is -2.72. The van der Waals surface area contributed by atoms with Crippen molar-refractivity contribution in [3.8, 4) is 5.75 Å². The first-order valence-electron chi connectivity index (χ1n) is 9.03. The molecule has 0 saturated carbocycles. The number of carbonyl (C=O) groups is 2. The van der Waals surface area contributed by atoms with E-state index in [0.717, 1.165) is 5.39 Å². The minimum atomic E-state index is -1.47. The molecule has 0 radical (unpaired) electrons. The van der Waals surface area contributed by atoms with Crippen molar-refractivity contribution in [1.29, 1.82) is 0 Å². The molecule has 0 aliphatic carbocycles. The molecule has 0 spiro atoms. The van der Waals surface area contributed by atoms with E-state index in [1.54, 1.807) is 18.2 Å². The van der Waals surface area contributed by atoms with E-state index in [4.69, 9.17) is 14.2 Å². The fourth-order valence-electron chi connectivity index (χ4n) is 3.33. The molecule has 2 aromatic carbocycles. The average Bonchev–Trinajstić information content (AvgIpc) is 2.72. The van der Waals surface area contributed by atoms with E-state index < -0.39 is 49.1 Å². The molecular formula is C20H23NO8. The Morgan fingerprint density at radius 2 is 1.86 bits per heavy atom. The van der Waals surface area contributed by atoms with Crippen molar-refractivity contribution in [2.45, 2.75) is 37.6 Å². The number of hydrogen-bond acceptors (Lipinski definition) is 8. The molecule has 1 saturated heterocycles. The van der Waals surface area contributed by atoms with Crippen molar-refractivity contribution in [2.75, 3.05) is 13.7 Å². The molecule has 29 heavy (non-hydrogen) atoms. The van der Waals surface area contributed by atoms with Gasteiger partial charge in [-0.05, 0) is 11.5 Å². The molecule has 0 unspecified atom stereocenters. The summed E-state index contributed by atoms with van der Waals surface area (Å²) in [6.45, 7) is 0.663. The number of benzene rings is 2. The first-order chi connectivity index (χ1) is 13.9. The van der Waals surface area contributed by atoms with E-state index in [1.807, 2.05) is 12.1 Å². The van der Waals surface area contributed by atoms with Crippen LogP contribution in [0.25, 0.3) is 10.8 Å². The van der Waals surface area contributed by atoms with Crippen molar-refractivity contribution in [3.63, 3.8) is 0 Å². The van der Waals surface area contributed by atoms with Gasteiger partial charge in [0.1, 0.15) is 35.7 Å². The van der Waals surface area contributed by atoms with Gasteiger partial charge in [0.05, 0.1) is 13.7 Å². The van der Waals surface area contributed by atoms with Gasteiger partial charge in [0, 0.05) is 12.3 Å². The van der Waals surface area contributed by atoms with Gasteiger partial charge in [-0.15, -0.1) is 0 Å². The number of nitrogens with one attached hydrogen (secondary N) is 1. The van der Waals surface area contributed by atoms with E-state index >= 15 is 0 Å². The topological polar surface area (TPSA) is 135 Å². The van der Waals surface area contributed by atoms with Crippen LogP contribution in [0, 0.1) is 0 Å². The van der Waals surface area contributed by atoms with Gasteiger partial charge in [-0.2, -0.15) is 0 Å². The number of rotatable bonds is 5. The monoisotopic (exact) mass is 405 g/mol. The Morgan fingerprint density at radius 3 is 2.52 bits per heavy atom. The summed E-state index contributed by atoms with van der Waals surface area (Å²) in [7, 11) is 1.24. The summed E-state index contributed by atoms with van der Waals surface area (Å²) in [6, 6.07) is 9.27. The molecule has 4 N–H and O–H groups in total. The van der Waals surface area contributed by atoms with E-state index in [0.29, 0.717) is 5.39 Å². The number of aliphatic hydroxyl groups excluding tert-OH is 3. The van der Waals surface area contributed by atoms with Gasteiger partial charge < -0.3 is 34.8 Å². The van der Waals surface area contributed by atoms with Crippen molar-refractivity contribution in [2.24, 2.45) is 0 Å². The predicted octanol–water partition coefficient (Wildman–Crippen LogP) is -0.0511. The number of ether oxygens (including phenoxy) is 3. The van der Waals surface area contributed by atoms with Crippen LogP contribution in [0.1, 0.15) is 17.3 Å². The summed E-state index contributed by atoms with van der Waals surface area (Å²) >= 11 is 0. The Balaban J connectivity index is 2.06. The third kappa shape index (κ3) is 4.18. The number of methoxy groups -OCH3 is 1. The van der Waals surface area contributed by atoms with Gasteiger partial charge in [-0.1, -0.05) is 30.3 Å². The normalized spacial score (nSPS) is 26.7. The molecule has 9 heteroatoms. The summed E-state index contributed by atoms with van der Waals surface area (Å²) in [5.41, 5.74) is 0.123. The lowest BCUT2D eigenvalue weighted by atomic mass is 9.96. The molecule has 3 rings (SSSR count). The highest BCUT2D eigenvalue weighted by atomic mass is 16.7. The number of carbonyl (C=O) groups excluding carboxylic acids is 2. The van der Waals surface area contributed by atoms with Gasteiger partial charge >= 0.3 is 5.97 Å². The van der Waals surface area contributed by atoms with Crippen LogP contribution in [0.4, 0.5) is 0 Å². The highest BCUT2D eigenvalue weighted by molar-refractivity contribution is 6.01. The number of amides is 1. The fourth-order valence-corrected chi connectivity index (χ4v) is 3.33. The van der Waals surface area contributed by atoms with Crippen LogP contribution in [0.15, 0.2) is 36.4 Å². The summed E-state index contributed by atoms with van der Waals surface area (Å²) in [5, 5.41) is 33.9. The molecule has 2 aromatic rings. The second-order valence-electron chi connectivity index (χ2n) is 6.71. The third-order valence-corrected chi connectivity index (χ3v) is 4.77. The summed E-state index contributed by atoms with van der Waals surface area (Å²) in [4.78, 5) is 23.9. The van der Waals surface area contributed by atoms with E-state index in [1.165, 1.54) is 20.1 Å². The molecule has 0 bridgehead atoms. The van der Waals surface area contributed by atoms with Crippen LogP contribution >= 0.6 is 0 Å². The van der Waals surface area contributed by atoms with Crippen LogP contribution in [0.3, 0.4) is 0 Å².